The van der Waals surface area contributed by atoms with Gasteiger partial charge < -0.3 is 24.0 Å². The van der Waals surface area contributed by atoms with E-state index >= 15 is 0 Å². The molecule has 2 aromatic heterocycles. The van der Waals surface area contributed by atoms with Crippen molar-refractivity contribution >= 4 is 23.1 Å². The second-order valence-corrected chi connectivity index (χ2v) is 8.17. The smallest absolute Gasteiger partial charge is 0.417 e. The van der Waals surface area contributed by atoms with Gasteiger partial charge in [-0.15, -0.1) is 0 Å². The quantitative estimate of drug-likeness (QED) is 0.534. The van der Waals surface area contributed by atoms with Gasteiger partial charge in [-0.05, 0) is 31.4 Å². The lowest BCUT2D eigenvalue weighted by molar-refractivity contribution is 0.121. The van der Waals surface area contributed by atoms with Gasteiger partial charge in [-0.1, -0.05) is 6.07 Å². The number of alkyl halides is 2. The van der Waals surface area contributed by atoms with E-state index < -0.39 is 18.3 Å². The molecule has 0 N–H and O–H groups in total. The molecule has 0 unspecified atom stereocenters. The van der Waals surface area contributed by atoms with E-state index in [-0.39, 0.29) is 23.4 Å². The van der Waals surface area contributed by atoms with Gasteiger partial charge in [0.2, 0.25) is 11.9 Å². The number of aromatic nitrogens is 5. The van der Waals surface area contributed by atoms with E-state index in [0.29, 0.717) is 50.7 Å². The average molecular weight is 489 g/mol. The highest BCUT2D eigenvalue weighted by Crippen LogP contribution is 2.32. The van der Waals surface area contributed by atoms with E-state index in [0.717, 1.165) is 23.8 Å². The fourth-order valence-corrected chi connectivity index (χ4v) is 4.22. The van der Waals surface area contributed by atoms with Crippen molar-refractivity contribution in [3.05, 3.63) is 24.0 Å². The molecule has 2 fully saturated rings. The Morgan fingerprint density at radius 1 is 1.00 bits per heavy atom. The maximum absolute atomic E-state index is 14.1. The Balaban J connectivity index is 1.61. The number of carbonyl (C=O) groups excluding carboxylic acids is 1. The van der Waals surface area contributed by atoms with Crippen LogP contribution in [0.15, 0.2) is 18.2 Å². The van der Waals surface area contributed by atoms with Gasteiger partial charge in [0.05, 0.1) is 25.8 Å². The molecule has 0 spiro atoms. The van der Waals surface area contributed by atoms with Crippen LogP contribution in [0.25, 0.3) is 17.0 Å². The lowest BCUT2D eigenvalue weighted by atomic mass is 10.1. The predicted octanol–water partition coefficient (Wildman–Crippen LogP) is 2.98. The Hall–Kier alpha value is -3.61. The molecule has 4 heterocycles. The largest absolute Gasteiger partial charge is 0.494 e. The number of methoxy groups -OCH3 is 1. The Kier molecular flexibility index (Phi) is 6.57. The molecule has 11 nitrogen and oxygen atoms in total. The average Bonchev–Trinajstić information content (AvgIpc) is 3.30. The number of nitrogens with zero attached hydrogens (tertiary/aromatic N) is 7. The summed E-state index contributed by atoms with van der Waals surface area (Å²) in [6, 6.07) is 4.65. The zero-order valence-electron chi connectivity index (χ0n) is 19.2. The SMILES string of the molecule is COc1cccc2c1nc(C(F)F)n2-c1nc(OC(=O)N2CCCCC2)nc(N2CCOCC2)n1. The minimum absolute atomic E-state index is 0.131. The molecule has 13 heteroatoms. The normalized spacial score (nSPS) is 16.7. The molecule has 5 rings (SSSR count). The number of para-hydroxylation sites is 1. The van der Waals surface area contributed by atoms with E-state index in [9.17, 15) is 13.6 Å². The van der Waals surface area contributed by atoms with Gasteiger partial charge in [0.25, 0.3) is 6.43 Å². The van der Waals surface area contributed by atoms with Gasteiger partial charge in [0.1, 0.15) is 11.3 Å². The van der Waals surface area contributed by atoms with Crippen LogP contribution in [-0.4, -0.2) is 82.0 Å². The number of rotatable bonds is 5. The summed E-state index contributed by atoms with van der Waals surface area (Å²) in [6.45, 7) is 3.05. The van der Waals surface area contributed by atoms with E-state index in [1.54, 1.807) is 23.1 Å². The van der Waals surface area contributed by atoms with Crippen LogP contribution in [0, 0.1) is 0 Å². The Labute approximate surface area is 199 Å². The van der Waals surface area contributed by atoms with Crippen molar-refractivity contribution in [3.63, 3.8) is 0 Å². The molecule has 35 heavy (non-hydrogen) atoms. The summed E-state index contributed by atoms with van der Waals surface area (Å²) in [6.07, 6.45) is -0.681. The van der Waals surface area contributed by atoms with Gasteiger partial charge in [-0.2, -0.15) is 15.0 Å². The van der Waals surface area contributed by atoms with Gasteiger partial charge in [-0.25, -0.2) is 18.6 Å². The van der Waals surface area contributed by atoms with Crippen LogP contribution in [0.2, 0.25) is 0 Å². The molecule has 0 saturated carbocycles. The van der Waals surface area contributed by atoms with Crippen LogP contribution in [0.1, 0.15) is 31.5 Å². The Bertz CT molecular complexity index is 1210. The summed E-state index contributed by atoms with van der Waals surface area (Å²) in [5.41, 5.74) is 0.567. The van der Waals surface area contributed by atoms with Crippen molar-refractivity contribution in [3.8, 4) is 17.7 Å². The summed E-state index contributed by atoms with van der Waals surface area (Å²) in [7, 11) is 1.44. The first kappa shape index (κ1) is 23.1. The molecule has 1 aromatic carbocycles. The molecule has 0 radical (unpaired) electrons. The monoisotopic (exact) mass is 489 g/mol. The number of imidazole rings is 1. The first-order chi connectivity index (χ1) is 17.0. The van der Waals surface area contributed by atoms with Crippen LogP contribution in [0.3, 0.4) is 0 Å². The van der Waals surface area contributed by atoms with E-state index in [1.807, 2.05) is 4.90 Å². The maximum Gasteiger partial charge on any atom is 0.417 e. The summed E-state index contributed by atoms with van der Waals surface area (Å²) in [4.78, 5) is 33.3. The summed E-state index contributed by atoms with van der Waals surface area (Å²) in [5, 5.41) is 0. The highest BCUT2D eigenvalue weighted by Gasteiger charge is 2.27. The zero-order chi connectivity index (χ0) is 24.4. The molecule has 0 atom stereocenters. The molecule has 0 aliphatic carbocycles. The third-order valence-electron chi connectivity index (χ3n) is 5.97. The number of amides is 1. The third-order valence-corrected chi connectivity index (χ3v) is 5.97. The van der Waals surface area contributed by atoms with Crippen molar-refractivity contribution in [2.75, 3.05) is 51.4 Å². The van der Waals surface area contributed by atoms with Crippen molar-refractivity contribution in [1.82, 2.24) is 29.4 Å². The maximum atomic E-state index is 14.1. The molecule has 2 aliphatic heterocycles. The number of halogens is 2. The van der Waals surface area contributed by atoms with Crippen LogP contribution in [0.5, 0.6) is 11.8 Å². The molecular weight excluding hydrogens is 464 g/mol. The van der Waals surface area contributed by atoms with Gasteiger partial charge in [0.15, 0.2) is 5.82 Å². The van der Waals surface area contributed by atoms with E-state index in [2.05, 4.69) is 19.9 Å². The van der Waals surface area contributed by atoms with Crippen LogP contribution < -0.4 is 14.4 Å². The van der Waals surface area contributed by atoms with Gasteiger partial charge in [-0.3, -0.25) is 4.57 Å². The van der Waals surface area contributed by atoms with Crippen molar-refractivity contribution < 1.29 is 27.8 Å². The minimum Gasteiger partial charge on any atom is -0.494 e. The highest BCUT2D eigenvalue weighted by molar-refractivity contribution is 5.84. The standard InChI is InChI=1S/C22H25F2N7O4/c1-33-15-7-5-6-14-16(15)25-18(17(23)24)31(14)20-26-19(29-10-12-34-13-11-29)27-21(28-20)35-22(32)30-8-3-2-4-9-30/h5-7,17H,2-4,8-13H2,1H3. The number of benzene rings is 1. The number of anilines is 1. The van der Waals surface area contributed by atoms with Crippen molar-refractivity contribution in [1.29, 1.82) is 0 Å². The minimum atomic E-state index is -2.92. The lowest BCUT2D eigenvalue weighted by Crippen LogP contribution is -2.39. The van der Waals surface area contributed by atoms with E-state index in [4.69, 9.17) is 14.2 Å². The zero-order valence-corrected chi connectivity index (χ0v) is 19.2. The fraction of sp³-hybridized carbons (Fsp3) is 0.500. The number of morpholine rings is 1. The van der Waals surface area contributed by atoms with Crippen LogP contribution >= 0.6 is 0 Å². The molecule has 3 aromatic rings. The molecular formula is C22H25F2N7O4. The number of hydrogen-bond donors (Lipinski definition) is 0. The van der Waals surface area contributed by atoms with Gasteiger partial charge in [0, 0.05) is 26.2 Å². The molecule has 2 aliphatic rings. The summed E-state index contributed by atoms with van der Waals surface area (Å²) >= 11 is 0. The second kappa shape index (κ2) is 9.94. The first-order valence-electron chi connectivity index (χ1n) is 11.4. The number of ether oxygens (including phenoxy) is 3. The number of carbonyl (C=O) groups is 1. The lowest BCUT2D eigenvalue weighted by Gasteiger charge is -2.27. The first-order valence-corrected chi connectivity index (χ1v) is 11.4. The molecule has 2 saturated heterocycles. The number of hydrogen-bond acceptors (Lipinski definition) is 9. The number of piperidine rings is 1. The molecule has 0 bridgehead atoms. The molecule has 1 amide bonds. The topological polar surface area (TPSA) is 108 Å². The number of likely N-dealkylation sites (tertiary alicyclic amines) is 1. The van der Waals surface area contributed by atoms with Crippen molar-refractivity contribution in [2.24, 2.45) is 0 Å². The Morgan fingerprint density at radius 2 is 1.74 bits per heavy atom. The summed E-state index contributed by atoms with van der Waals surface area (Å²) < 4.78 is 45.5. The third kappa shape index (κ3) is 4.67. The summed E-state index contributed by atoms with van der Waals surface area (Å²) in [5.74, 6) is -0.155. The van der Waals surface area contributed by atoms with Crippen LogP contribution in [0.4, 0.5) is 19.5 Å². The predicted molar refractivity (Wildman–Crippen MR) is 120 cm³/mol. The van der Waals surface area contributed by atoms with Crippen molar-refractivity contribution in [2.45, 2.75) is 25.7 Å². The van der Waals surface area contributed by atoms with Gasteiger partial charge >= 0.3 is 12.1 Å². The Morgan fingerprint density at radius 3 is 2.46 bits per heavy atom. The van der Waals surface area contributed by atoms with Crippen LogP contribution in [-0.2, 0) is 4.74 Å². The van der Waals surface area contributed by atoms with E-state index in [1.165, 1.54) is 7.11 Å². The highest BCUT2D eigenvalue weighted by atomic mass is 19.3. The second-order valence-electron chi connectivity index (χ2n) is 8.17. The number of fused-ring (bicyclic) bond motifs is 1. The fourth-order valence-electron chi connectivity index (χ4n) is 4.22. The molecule has 186 valence electrons.